The van der Waals surface area contributed by atoms with Crippen LogP contribution in [0, 0.1) is 12.7 Å². The van der Waals surface area contributed by atoms with E-state index in [-0.39, 0.29) is 5.82 Å². The Labute approximate surface area is 83.9 Å². The number of hydrogen-bond donors (Lipinski definition) is 1. The molecule has 14 heavy (non-hydrogen) atoms. The molecule has 2 N–H and O–H groups in total. The second kappa shape index (κ2) is 4.96. The van der Waals surface area contributed by atoms with Gasteiger partial charge in [-0.05, 0) is 49.6 Å². The molecule has 2 nitrogen and oxygen atoms in total. The minimum absolute atomic E-state index is 0.304. The Morgan fingerprint density at radius 2 is 2.14 bits per heavy atom. The number of methoxy groups -OCH3 is 1. The summed E-state index contributed by atoms with van der Waals surface area (Å²) in [6.07, 6.45) is 1.79. The first-order valence-corrected chi connectivity index (χ1v) is 4.72. The molecular formula is C11H16FNO. The minimum atomic E-state index is -0.304. The van der Waals surface area contributed by atoms with Crippen molar-refractivity contribution in [2.24, 2.45) is 5.73 Å². The highest BCUT2D eigenvalue weighted by molar-refractivity contribution is 5.36. The zero-order valence-corrected chi connectivity index (χ0v) is 8.64. The zero-order chi connectivity index (χ0) is 10.6. The van der Waals surface area contributed by atoms with Gasteiger partial charge in [0.15, 0.2) is 11.6 Å². The Balaban J connectivity index is 2.92. The maximum Gasteiger partial charge on any atom is 0.165 e. The zero-order valence-electron chi connectivity index (χ0n) is 8.64. The lowest BCUT2D eigenvalue weighted by Gasteiger charge is -2.08. The van der Waals surface area contributed by atoms with Crippen molar-refractivity contribution in [2.75, 3.05) is 13.7 Å². The van der Waals surface area contributed by atoms with Crippen LogP contribution in [0.2, 0.25) is 0 Å². The predicted molar refractivity (Wildman–Crippen MR) is 55.1 cm³/mol. The molecule has 1 aromatic rings. The van der Waals surface area contributed by atoms with E-state index in [1.165, 1.54) is 13.2 Å². The molecule has 0 aliphatic heterocycles. The summed E-state index contributed by atoms with van der Waals surface area (Å²) in [5.74, 6) is 0.00381. The van der Waals surface area contributed by atoms with E-state index in [2.05, 4.69) is 0 Å². The lowest BCUT2D eigenvalue weighted by atomic mass is 10.0. The van der Waals surface area contributed by atoms with E-state index in [0.717, 1.165) is 24.0 Å². The van der Waals surface area contributed by atoms with Gasteiger partial charge in [-0.15, -0.1) is 0 Å². The third kappa shape index (κ3) is 2.45. The topological polar surface area (TPSA) is 35.2 Å². The first-order valence-electron chi connectivity index (χ1n) is 4.72. The Hall–Kier alpha value is -1.09. The lowest BCUT2D eigenvalue weighted by Crippen LogP contribution is -2.02. The Morgan fingerprint density at radius 3 is 2.71 bits per heavy atom. The number of nitrogens with two attached hydrogens (primary N) is 1. The van der Waals surface area contributed by atoms with E-state index in [1.807, 2.05) is 6.92 Å². The van der Waals surface area contributed by atoms with Crippen LogP contribution >= 0.6 is 0 Å². The van der Waals surface area contributed by atoms with Gasteiger partial charge in [-0.25, -0.2) is 4.39 Å². The summed E-state index contributed by atoms with van der Waals surface area (Å²) >= 11 is 0. The van der Waals surface area contributed by atoms with E-state index in [9.17, 15) is 4.39 Å². The van der Waals surface area contributed by atoms with Crippen molar-refractivity contribution in [1.29, 1.82) is 0 Å². The number of benzene rings is 1. The molecule has 0 aliphatic rings. The summed E-state index contributed by atoms with van der Waals surface area (Å²) in [5, 5.41) is 0. The van der Waals surface area contributed by atoms with Crippen LogP contribution in [-0.4, -0.2) is 13.7 Å². The molecule has 0 aromatic heterocycles. The fourth-order valence-corrected chi connectivity index (χ4v) is 1.41. The fourth-order valence-electron chi connectivity index (χ4n) is 1.41. The van der Waals surface area contributed by atoms with Gasteiger partial charge in [-0.2, -0.15) is 0 Å². The van der Waals surface area contributed by atoms with Crippen molar-refractivity contribution in [1.82, 2.24) is 0 Å². The molecule has 0 bridgehead atoms. The van der Waals surface area contributed by atoms with Crippen molar-refractivity contribution < 1.29 is 9.13 Å². The van der Waals surface area contributed by atoms with Crippen LogP contribution < -0.4 is 10.5 Å². The molecule has 0 saturated carbocycles. The summed E-state index contributed by atoms with van der Waals surface area (Å²) in [6.45, 7) is 2.55. The van der Waals surface area contributed by atoms with Gasteiger partial charge in [0.1, 0.15) is 0 Å². The Bertz CT molecular complexity index is 312. The first kappa shape index (κ1) is 11.0. The molecule has 0 atom stereocenters. The summed E-state index contributed by atoms with van der Waals surface area (Å²) in [6, 6.07) is 3.25. The van der Waals surface area contributed by atoms with Gasteiger partial charge in [0.2, 0.25) is 0 Å². The summed E-state index contributed by atoms with van der Waals surface area (Å²) in [4.78, 5) is 0. The minimum Gasteiger partial charge on any atom is -0.494 e. The van der Waals surface area contributed by atoms with Crippen LogP contribution in [0.4, 0.5) is 4.39 Å². The number of rotatable bonds is 4. The SMILES string of the molecule is COc1cc(CCCN)c(C)cc1F. The van der Waals surface area contributed by atoms with Crippen molar-refractivity contribution in [3.63, 3.8) is 0 Å². The van der Waals surface area contributed by atoms with Crippen LogP contribution in [0.3, 0.4) is 0 Å². The monoisotopic (exact) mass is 197 g/mol. The van der Waals surface area contributed by atoms with E-state index in [1.54, 1.807) is 6.07 Å². The highest BCUT2D eigenvalue weighted by Crippen LogP contribution is 2.22. The third-order valence-corrected chi connectivity index (χ3v) is 2.26. The number of aryl methyl sites for hydroxylation is 2. The largest absolute Gasteiger partial charge is 0.494 e. The van der Waals surface area contributed by atoms with Gasteiger partial charge in [0.25, 0.3) is 0 Å². The van der Waals surface area contributed by atoms with Crippen LogP contribution in [0.5, 0.6) is 5.75 Å². The van der Waals surface area contributed by atoms with E-state index < -0.39 is 0 Å². The Morgan fingerprint density at radius 1 is 1.43 bits per heavy atom. The third-order valence-electron chi connectivity index (χ3n) is 2.26. The molecule has 1 aromatic carbocycles. The van der Waals surface area contributed by atoms with Crippen LogP contribution in [0.25, 0.3) is 0 Å². The van der Waals surface area contributed by atoms with E-state index in [0.29, 0.717) is 12.3 Å². The van der Waals surface area contributed by atoms with Gasteiger partial charge >= 0.3 is 0 Å². The van der Waals surface area contributed by atoms with Gasteiger partial charge in [-0.3, -0.25) is 0 Å². The number of halogens is 1. The maximum atomic E-state index is 13.2. The molecule has 0 aliphatic carbocycles. The van der Waals surface area contributed by atoms with Crippen LogP contribution in [0.1, 0.15) is 17.5 Å². The maximum absolute atomic E-state index is 13.2. The highest BCUT2D eigenvalue weighted by atomic mass is 19.1. The van der Waals surface area contributed by atoms with Crippen molar-refractivity contribution in [3.8, 4) is 5.75 Å². The number of ether oxygens (including phenoxy) is 1. The molecule has 0 radical (unpaired) electrons. The average molecular weight is 197 g/mol. The molecule has 0 unspecified atom stereocenters. The molecule has 0 heterocycles. The molecule has 3 heteroatoms. The standard InChI is InChI=1S/C11H16FNO/c1-8-6-10(12)11(14-2)7-9(8)4-3-5-13/h6-7H,3-5,13H2,1-2H3. The quantitative estimate of drug-likeness (QED) is 0.801. The highest BCUT2D eigenvalue weighted by Gasteiger charge is 2.06. The summed E-state index contributed by atoms with van der Waals surface area (Å²) < 4.78 is 18.1. The summed E-state index contributed by atoms with van der Waals surface area (Å²) in [5.41, 5.74) is 7.48. The van der Waals surface area contributed by atoms with E-state index in [4.69, 9.17) is 10.5 Å². The second-order valence-corrected chi connectivity index (χ2v) is 3.31. The molecule has 78 valence electrons. The van der Waals surface area contributed by atoms with Gasteiger partial charge in [-0.1, -0.05) is 0 Å². The van der Waals surface area contributed by atoms with Crippen molar-refractivity contribution in [3.05, 3.63) is 29.1 Å². The fraction of sp³-hybridized carbons (Fsp3) is 0.455. The molecule has 0 spiro atoms. The van der Waals surface area contributed by atoms with Gasteiger partial charge in [0, 0.05) is 0 Å². The number of hydrogen-bond acceptors (Lipinski definition) is 2. The summed E-state index contributed by atoms with van der Waals surface area (Å²) in [7, 11) is 1.47. The average Bonchev–Trinajstić information content (AvgIpc) is 2.17. The second-order valence-electron chi connectivity index (χ2n) is 3.31. The van der Waals surface area contributed by atoms with Crippen LogP contribution in [0.15, 0.2) is 12.1 Å². The molecule has 0 fully saturated rings. The normalized spacial score (nSPS) is 10.3. The molecule has 0 saturated heterocycles. The first-order chi connectivity index (χ1) is 6.69. The smallest absolute Gasteiger partial charge is 0.165 e. The van der Waals surface area contributed by atoms with Crippen molar-refractivity contribution >= 4 is 0 Å². The van der Waals surface area contributed by atoms with Gasteiger partial charge < -0.3 is 10.5 Å². The lowest BCUT2D eigenvalue weighted by molar-refractivity contribution is 0.385. The van der Waals surface area contributed by atoms with E-state index >= 15 is 0 Å². The molecular weight excluding hydrogens is 181 g/mol. The van der Waals surface area contributed by atoms with Crippen LogP contribution in [-0.2, 0) is 6.42 Å². The molecule has 1 rings (SSSR count). The predicted octanol–water partition coefficient (Wildman–Crippen LogP) is 2.03. The Kier molecular flexibility index (Phi) is 3.89. The van der Waals surface area contributed by atoms with Gasteiger partial charge in [0.05, 0.1) is 7.11 Å². The molecule has 0 amide bonds. The van der Waals surface area contributed by atoms with Crippen molar-refractivity contribution in [2.45, 2.75) is 19.8 Å².